The lowest BCUT2D eigenvalue weighted by atomic mass is 10.0. The first kappa shape index (κ1) is 17.7. The van der Waals surface area contributed by atoms with Gasteiger partial charge >= 0.3 is 0 Å². The van der Waals surface area contributed by atoms with Gasteiger partial charge in [-0.2, -0.15) is 0 Å². The summed E-state index contributed by atoms with van der Waals surface area (Å²) in [4.78, 5) is 14.7. The van der Waals surface area contributed by atoms with Gasteiger partial charge in [0.15, 0.2) is 0 Å². The minimum Gasteiger partial charge on any atom is -0.350 e. The zero-order valence-corrected chi connectivity index (χ0v) is 15.5. The van der Waals surface area contributed by atoms with Crippen molar-refractivity contribution in [3.63, 3.8) is 0 Å². The van der Waals surface area contributed by atoms with Crippen LogP contribution in [0.15, 0.2) is 42.5 Å². The molecule has 3 heteroatoms. The summed E-state index contributed by atoms with van der Waals surface area (Å²) in [6.07, 6.45) is 4.49. The van der Waals surface area contributed by atoms with Crippen molar-refractivity contribution >= 4 is 5.91 Å². The number of aryl methyl sites for hydroxylation is 3. The van der Waals surface area contributed by atoms with Gasteiger partial charge in [-0.3, -0.25) is 4.79 Å². The Labute approximate surface area is 151 Å². The molecule has 0 unspecified atom stereocenters. The SMILES string of the molecule is CCc1ccc([C@H](CNC(=O)c2ccc3c(c2)CCC3)N(C)C)cc1. The summed E-state index contributed by atoms with van der Waals surface area (Å²) in [5.74, 6) is 0.0201. The molecule has 1 amide bonds. The molecule has 132 valence electrons. The van der Waals surface area contributed by atoms with Crippen LogP contribution in [0.3, 0.4) is 0 Å². The highest BCUT2D eigenvalue weighted by Crippen LogP contribution is 2.23. The van der Waals surface area contributed by atoms with Gasteiger partial charge in [-0.1, -0.05) is 37.3 Å². The highest BCUT2D eigenvalue weighted by Gasteiger charge is 2.17. The van der Waals surface area contributed by atoms with E-state index < -0.39 is 0 Å². The first-order chi connectivity index (χ1) is 12.1. The van der Waals surface area contributed by atoms with Crippen LogP contribution < -0.4 is 5.32 Å². The van der Waals surface area contributed by atoms with E-state index >= 15 is 0 Å². The van der Waals surface area contributed by atoms with Crippen LogP contribution in [-0.4, -0.2) is 31.4 Å². The minimum absolute atomic E-state index is 0.0201. The largest absolute Gasteiger partial charge is 0.350 e. The minimum atomic E-state index is 0.0201. The number of nitrogens with zero attached hydrogens (tertiary/aromatic N) is 1. The first-order valence-corrected chi connectivity index (χ1v) is 9.23. The Hall–Kier alpha value is -2.13. The van der Waals surface area contributed by atoms with Crippen LogP contribution in [0.25, 0.3) is 0 Å². The molecule has 0 radical (unpaired) electrons. The third-order valence-corrected chi connectivity index (χ3v) is 5.21. The Kier molecular flexibility index (Phi) is 5.54. The van der Waals surface area contributed by atoms with Crippen LogP contribution >= 0.6 is 0 Å². The monoisotopic (exact) mass is 336 g/mol. The molecule has 0 saturated heterocycles. The van der Waals surface area contributed by atoms with Crippen molar-refractivity contribution in [3.8, 4) is 0 Å². The number of rotatable bonds is 6. The molecule has 3 nitrogen and oxygen atoms in total. The fraction of sp³-hybridized carbons (Fsp3) is 0.409. The Morgan fingerprint density at radius 2 is 1.80 bits per heavy atom. The van der Waals surface area contributed by atoms with Crippen LogP contribution in [0.5, 0.6) is 0 Å². The lowest BCUT2D eigenvalue weighted by Gasteiger charge is -2.25. The van der Waals surface area contributed by atoms with Crippen molar-refractivity contribution in [1.82, 2.24) is 10.2 Å². The molecule has 3 rings (SSSR count). The second-order valence-corrected chi connectivity index (χ2v) is 7.12. The fourth-order valence-electron chi connectivity index (χ4n) is 3.58. The zero-order chi connectivity index (χ0) is 17.8. The van der Waals surface area contributed by atoms with Gasteiger partial charge < -0.3 is 10.2 Å². The Morgan fingerprint density at radius 1 is 1.08 bits per heavy atom. The molecule has 2 aromatic carbocycles. The molecule has 1 aliphatic rings. The van der Waals surface area contributed by atoms with Crippen LogP contribution in [0, 0.1) is 0 Å². The molecular weight excluding hydrogens is 308 g/mol. The van der Waals surface area contributed by atoms with Crippen LogP contribution in [0.1, 0.15) is 52.0 Å². The number of amides is 1. The van der Waals surface area contributed by atoms with E-state index in [4.69, 9.17) is 0 Å². The molecule has 1 N–H and O–H groups in total. The average molecular weight is 336 g/mol. The van der Waals surface area contributed by atoms with E-state index in [1.54, 1.807) is 0 Å². The number of carbonyl (C=O) groups excluding carboxylic acids is 1. The molecule has 2 aromatic rings. The van der Waals surface area contributed by atoms with E-state index in [1.165, 1.54) is 28.7 Å². The number of hydrogen-bond donors (Lipinski definition) is 1. The highest BCUT2D eigenvalue weighted by molar-refractivity contribution is 5.94. The van der Waals surface area contributed by atoms with Gasteiger partial charge in [0, 0.05) is 12.1 Å². The molecular formula is C22H28N2O. The molecule has 25 heavy (non-hydrogen) atoms. The van der Waals surface area contributed by atoms with Crippen molar-refractivity contribution in [2.24, 2.45) is 0 Å². The first-order valence-electron chi connectivity index (χ1n) is 9.23. The Balaban J connectivity index is 1.67. The van der Waals surface area contributed by atoms with E-state index in [-0.39, 0.29) is 11.9 Å². The van der Waals surface area contributed by atoms with Gasteiger partial charge in [-0.15, -0.1) is 0 Å². The number of carbonyl (C=O) groups is 1. The number of nitrogens with one attached hydrogen (secondary N) is 1. The van der Waals surface area contributed by atoms with E-state index in [2.05, 4.69) is 67.6 Å². The average Bonchev–Trinajstić information content (AvgIpc) is 3.09. The normalized spacial score (nSPS) is 14.4. The zero-order valence-electron chi connectivity index (χ0n) is 15.5. The van der Waals surface area contributed by atoms with Crippen molar-refractivity contribution in [1.29, 1.82) is 0 Å². The van der Waals surface area contributed by atoms with Gasteiger partial charge in [-0.25, -0.2) is 0 Å². The summed E-state index contributed by atoms with van der Waals surface area (Å²) in [7, 11) is 4.11. The lowest BCUT2D eigenvalue weighted by molar-refractivity contribution is 0.0942. The molecule has 0 fully saturated rings. The topological polar surface area (TPSA) is 32.3 Å². The Morgan fingerprint density at radius 3 is 2.48 bits per heavy atom. The summed E-state index contributed by atoms with van der Waals surface area (Å²) in [6.45, 7) is 2.77. The maximum atomic E-state index is 12.6. The molecule has 0 bridgehead atoms. The summed E-state index contributed by atoms with van der Waals surface area (Å²) in [5.41, 5.74) is 6.09. The third-order valence-electron chi connectivity index (χ3n) is 5.21. The predicted molar refractivity (Wildman–Crippen MR) is 103 cm³/mol. The van der Waals surface area contributed by atoms with Crippen LogP contribution in [0.4, 0.5) is 0 Å². The lowest BCUT2D eigenvalue weighted by Crippen LogP contribution is -2.34. The molecule has 0 aromatic heterocycles. The van der Waals surface area contributed by atoms with E-state index in [9.17, 15) is 4.79 Å². The number of fused-ring (bicyclic) bond motifs is 1. The molecule has 0 aliphatic heterocycles. The molecule has 1 atom stereocenters. The van der Waals surface area contributed by atoms with E-state index in [0.717, 1.165) is 24.8 Å². The number of likely N-dealkylation sites (N-methyl/N-ethyl adjacent to an activating group) is 1. The second-order valence-electron chi connectivity index (χ2n) is 7.12. The van der Waals surface area contributed by atoms with Crippen molar-refractivity contribution in [2.45, 2.75) is 38.6 Å². The molecule has 0 saturated carbocycles. The quantitative estimate of drug-likeness (QED) is 0.871. The molecule has 0 heterocycles. The summed E-state index contributed by atoms with van der Waals surface area (Å²) in [6, 6.07) is 15.0. The number of benzene rings is 2. The Bertz CT molecular complexity index is 734. The standard InChI is InChI=1S/C22H28N2O/c1-4-16-8-10-18(11-9-16)21(24(2)3)15-23-22(25)20-13-12-17-6-5-7-19(17)14-20/h8-14,21H,4-7,15H2,1-3H3,(H,23,25)/t21-/m0/s1. The van der Waals surface area contributed by atoms with Crippen molar-refractivity contribution in [3.05, 3.63) is 70.3 Å². The molecule has 1 aliphatic carbocycles. The summed E-state index contributed by atoms with van der Waals surface area (Å²) < 4.78 is 0. The van der Waals surface area contributed by atoms with Crippen molar-refractivity contribution < 1.29 is 4.79 Å². The summed E-state index contributed by atoms with van der Waals surface area (Å²) >= 11 is 0. The van der Waals surface area contributed by atoms with E-state index in [1.807, 2.05) is 6.07 Å². The highest BCUT2D eigenvalue weighted by atomic mass is 16.1. The smallest absolute Gasteiger partial charge is 0.251 e. The maximum absolute atomic E-state index is 12.6. The second kappa shape index (κ2) is 7.83. The van der Waals surface area contributed by atoms with Crippen LogP contribution in [0.2, 0.25) is 0 Å². The fourth-order valence-corrected chi connectivity index (χ4v) is 3.58. The van der Waals surface area contributed by atoms with Gasteiger partial charge in [0.2, 0.25) is 0 Å². The third kappa shape index (κ3) is 4.10. The van der Waals surface area contributed by atoms with Gasteiger partial charge in [-0.05, 0) is 74.2 Å². The van der Waals surface area contributed by atoms with Gasteiger partial charge in [0.05, 0.1) is 6.04 Å². The van der Waals surface area contributed by atoms with Gasteiger partial charge in [0.25, 0.3) is 5.91 Å². The summed E-state index contributed by atoms with van der Waals surface area (Å²) in [5, 5.41) is 3.12. The predicted octanol–water partition coefficient (Wildman–Crippen LogP) is 3.77. The molecule has 0 spiro atoms. The van der Waals surface area contributed by atoms with Crippen LogP contribution in [-0.2, 0) is 19.3 Å². The number of hydrogen-bond acceptors (Lipinski definition) is 2. The van der Waals surface area contributed by atoms with Crippen molar-refractivity contribution in [2.75, 3.05) is 20.6 Å². The van der Waals surface area contributed by atoms with E-state index in [0.29, 0.717) is 6.54 Å². The maximum Gasteiger partial charge on any atom is 0.251 e. The van der Waals surface area contributed by atoms with Gasteiger partial charge in [0.1, 0.15) is 0 Å².